The molecule has 0 spiro atoms. The average Bonchev–Trinajstić information content (AvgIpc) is 2.70. The van der Waals surface area contributed by atoms with Crippen LogP contribution in [0.1, 0.15) is 47.4 Å². The largest absolute Gasteiger partial charge is 0.576 e. The summed E-state index contributed by atoms with van der Waals surface area (Å²) in [5.74, 6) is 2.05. The van der Waals surface area contributed by atoms with Gasteiger partial charge >= 0.3 is 7.69 Å². The molecule has 0 N–H and O–H groups in total. The highest BCUT2D eigenvalue weighted by Gasteiger charge is 2.07. The molecule has 7 heteroatoms. The van der Waals surface area contributed by atoms with E-state index in [1.807, 2.05) is 13.8 Å². The maximum absolute atomic E-state index is 11.1. The van der Waals surface area contributed by atoms with Crippen molar-refractivity contribution in [1.82, 2.24) is 0 Å². The molecule has 0 aliphatic carbocycles. The fraction of sp³-hybridized carbons (Fsp3) is 0.300. The minimum atomic E-state index is -0.0922. The molecular formula is C20H23BO6. The van der Waals surface area contributed by atoms with Gasteiger partial charge in [-0.05, 0) is 37.1 Å². The van der Waals surface area contributed by atoms with Gasteiger partial charge in [-0.15, -0.1) is 0 Å². The summed E-state index contributed by atoms with van der Waals surface area (Å²) in [6.45, 7) is 5.11. The van der Waals surface area contributed by atoms with Crippen LogP contribution in [0.5, 0.6) is 23.0 Å². The Morgan fingerprint density at radius 1 is 0.704 bits per heavy atom. The molecule has 2 rings (SSSR count). The van der Waals surface area contributed by atoms with Gasteiger partial charge in [0.1, 0.15) is 35.6 Å². The zero-order chi connectivity index (χ0) is 19.5. The molecule has 0 amide bonds. The first-order valence-corrected chi connectivity index (χ1v) is 8.90. The van der Waals surface area contributed by atoms with Crippen LogP contribution in [0.3, 0.4) is 0 Å². The molecule has 0 heterocycles. The van der Waals surface area contributed by atoms with Gasteiger partial charge in [-0.2, -0.15) is 0 Å². The van der Waals surface area contributed by atoms with Crippen molar-refractivity contribution in [2.45, 2.75) is 26.7 Å². The average molecular weight is 370 g/mol. The molecule has 0 saturated heterocycles. The lowest BCUT2D eigenvalue weighted by atomic mass is 10.2. The molecule has 0 radical (unpaired) electrons. The second-order valence-electron chi connectivity index (χ2n) is 5.81. The van der Waals surface area contributed by atoms with Crippen molar-refractivity contribution < 1.29 is 28.4 Å². The van der Waals surface area contributed by atoms with Crippen molar-refractivity contribution >= 4 is 20.3 Å². The van der Waals surface area contributed by atoms with E-state index < -0.39 is 0 Å². The Kier molecular flexibility index (Phi) is 8.22. The maximum atomic E-state index is 11.1. The molecule has 0 bridgehead atoms. The first-order chi connectivity index (χ1) is 13.2. The van der Waals surface area contributed by atoms with E-state index in [1.54, 1.807) is 36.4 Å². The zero-order valence-electron chi connectivity index (χ0n) is 15.6. The molecule has 142 valence electrons. The lowest BCUT2D eigenvalue weighted by Gasteiger charge is -2.12. The van der Waals surface area contributed by atoms with Crippen molar-refractivity contribution in [3.8, 4) is 23.0 Å². The van der Waals surface area contributed by atoms with Gasteiger partial charge in [0.15, 0.2) is 0 Å². The summed E-state index contributed by atoms with van der Waals surface area (Å²) in [6, 6.07) is 9.91. The third kappa shape index (κ3) is 6.69. The summed E-state index contributed by atoms with van der Waals surface area (Å²) in [7, 11) is -0.0922. The minimum Gasteiger partial charge on any atom is -0.528 e. The molecule has 27 heavy (non-hydrogen) atoms. The Balaban J connectivity index is 2.02. The van der Waals surface area contributed by atoms with Crippen LogP contribution in [-0.2, 0) is 0 Å². The quantitative estimate of drug-likeness (QED) is 0.420. The Hall–Kier alpha value is -2.96. The first kappa shape index (κ1) is 20.4. The van der Waals surface area contributed by atoms with Crippen LogP contribution in [0.4, 0.5) is 0 Å². The number of carbonyl (C=O) groups excluding carboxylic acids is 2. The number of hydrogen-bond acceptors (Lipinski definition) is 6. The van der Waals surface area contributed by atoms with Gasteiger partial charge < -0.3 is 18.8 Å². The van der Waals surface area contributed by atoms with E-state index >= 15 is 0 Å². The van der Waals surface area contributed by atoms with Crippen molar-refractivity contribution in [1.29, 1.82) is 0 Å². The van der Waals surface area contributed by atoms with Crippen LogP contribution >= 0.6 is 0 Å². The summed E-state index contributed by atoms with van der Waals surface area (Å²) in [5, 5.41) is 0. The second kappa shape index (κ2) is 10.9. The van der Waals surface area contributed by atoms with Crippen molar-refractivity contribution in [2.24, 2.45) is 0 Å². The summed E-state index contributed by atoms with van der Waals surface area (Å²) >= 11 is 0. The predicted octanol–water partition coefficient (Wildman–Crippen LogP) is 3.61. The molecule has 0 aliphatic heterocycles. The third-order valence-electron chi connectivity index (χ3n) is 3.47. The van der Waals surface area contributed by atoms with Crippen LogP contribution < -0.4 is 18.8 Å². The predicted molar refractivity (Wildman–Crippen MR) is 104 cm³/mol. The number of ether oxygens (including phenoxy) is 2. The highest BCUT2D eigenvalue weighted by molar-refractivity contribution is 6.20. The number of hydrogen-bond donors (Lipinski definition) is 0. The molecule has 0 atom stereocenters. The van der Waals surface area contributed by atoms with Gasteiger partial charge in [-0.25, -0.2) is 0 Å². The second-order valence-corrected chi connectivity index (χ2v) is 5.81. The topological polar surface area (TPSA) is 71.1 Å². The number of rotatable bonds is 12. The van der Waals surface area contributed by atoms with Gasteiger partial charge in [0.2, 0.25) is 0 Å². The van der Waals surface area contributed by atoms with E-state index in [0.717, 1.165) is 25.4 Å². The Morgan fingerprint density at radius 3 is 1.48 bits per heavy atom. The normalized spacial score (nSPS) is 10.0. The smallest absolute Gasteiger partial charge is 0.528 e. The summed E-state index contributed by atoms with van der Waals surface area (Å²) < 4.78 is 22.3. The van der Waals surface area contributed by atoms with E-state index in [1.165, 1.54) is 0 Å². The lowest BCUT2D eigenvalue weighted by molar-refractivity contribution is 0.111. The van der Waals surface area contributed by atoms with Gasteiger partial charge in [0, 0.05) is 23.3 Å². The van der Waals surface area contributed by atoms with Crippen molar-refractivity contribution in [3.63, 3.8) is 0 Å². The van der Waals surface area contributed by atoms with Crippen LogP contribution in [0.2, 0.25) is 0 Å². The van der Waals surface area contributed by atoms with Gasteiger partial charge in [0.25, 0.3) is 0 Å². The number of aldehydes is 2. The van der Waals surface area contributed by atoms with Crippen molar-refractivity contribution in [2.75, 3.05) is 13.2 Å². The molecular weight excluding hydrogens is 347 g/mol. The highest BCUT2D eigenvalue weighted by atomic mass is 16.6. The minimum absolute atomic E-state index is 0.0922. The van der Waals surface area contributed by atoms with E-state index in [4.69, 9.17) is 18.8 Å². The van der Waals surface area contributed by atoms with Crippen LogP contribution in [0, 0.1) is 0 Å². The van der Waals surface area contributed by atoms with Gasteiger partial charge in [-0.3, -0.25) is 9.59 Å². The fourth-order valence-corrected chi connectivity index (χ4v) is 2.26. The molecule has 0 aromatic heterocycles. The third-order valence-corrected chi connectivity index (χ3v) is 3.47. The van der Waals surface area contributed by atoms with Crippen LogP contribution in [0.25, 0.3) is 0 Å². The summed E-state index contributed by atoms with van der Waals surface area (Å²) in [4.78, 5) is 22.2. The Morgan fingerprint density at radius 2 is 1.11 bits per heavy atom. The molecule has 0 fully saturated rings. The maximum Gasteiger partial charge on any atom is 0.576 e. The summed E-state index contributed by atoms with van der Waals surface area (Å²) in [6.07, 6.45) is 3.19. The van der Waals surface area contributed by atoms with Crippen LogP contribution in [-0.4, -0.2) is 33.5 Å². The van der Waals surface area contributed by atoms with E-state index in [2.05, 4.69) is 0 Å². The molecule has 6 nitrogen and oxygen atoms in total. The first-order valence-electron chi connectivity index (χ1n) is 8.90. The standard InChI is InChI=1S/C20H23BO6/c1-3-5-24-17-7-15(13-22)9-19(11-17)26-21-27-20-10-16(14-23)8-18(12-20)25-6-4-2/h7-14,21H,3-6H2,1-2H3. The van der Waals surface area contributed by atoms with E-state index in [-0.39, 0.29) is 7.69 Å². The van der Waals surface area contributed by atoms with Gasteiger partial charge in [0.05, 0.1) is 13.2 Å². The van der Waals surface area contributed by atoms with E-state index in [9.17, 15) is 9.59 Å². The van der Waals surface area contributed by atoms with E-state index in [0.29, 0.717) is 47.3 Å². The molecule has 2 aromatic rings. The number of carbonyl (C=O) groups is 2. The SMILES string of the molecule is CCCOc1cc(C=O)cc(OBOc2cc(C=O)cc(OCCC)c2)c1. The van der Waals surface area contributed by atoms with Crippen molar-refractivity contribution in [3.05, 3.63) is 47.5 Å². The van der Waals surface area contributed by atoms with Crippen LogP contribution in [0.15, 0.2) is 36.4 Å². The Labute approximate surface area is 159 Å². The monoisotopic (exact) mass is 370 g/mol. The molecule has 0 unspecified atom stereocenters. The highest BCUT2D eigenvalue weighted by Crippen LogP contribution is 2.24. The molecule has 2 aromatic carbocycles. The summed E-state index contributed by atoms with van der Waals surface area (Å²) in [5.41, 5.74) is 0.911. The fourth-order valence-electron chi connectivity index (χ4n) is 2.26. The molecule has 0 saturated carbocycles. The zero-order valence-corrected chi connectivity index (χ0v) is 15.6. The lowest BCUT2D eigenvalue weighted by Crippen LogP contribution is -2.11. The van der Waals surface area contributed by atoms with Gasteiger partial charge in [-0.1, -0.05) is 13.8 Å². The molecule has 0 aliphatic rings. The Bertz CT molecular complexity index is 699. The number of benzene rings is 2.